The van der Waals surface area contributed by atoms with E-state index in [1.807, 2.05) is 30.3 Å². The lowest BCUT2D eigenvalue weighted by Crippen LogP contribution is -2.35. The molecule has 0 saturated carbocycles. The molecule has 3 aromatic carbocycles. The van der Waals surface area contributed by atoms with E-state index in [1.54, 1.807) is 24.6 Å². The van der Waals surface area contributed by atoms with Crippen molar-refractivity contribution in [1.82, 2.24) is 10.1 Å². The van der Waals surface area contributed by atoms with E-state index in [0.29, 0.717) is 12.6 Å². The second-order valence-electron chi connectivity index (χ2n) is 10.8. The van der Waals surface area contributed by atoms with Crippen LogP contribution in [-0.4, -0.2) is 40.9 Å². The van der Waals surface area contributed by atoms with Crippen LogP contribution in [0.5, 0.6) is 17.2 Å². The number of allylic oxidation sites excluding steroid dienone is 1. The van der Waals surface area contributed by atoms with Gasteiger partial charge in [-0.3, -0.25) is 4.90 Å². The highest BCUT2D eigenvalue weighted by molar-refractivity contribution is 5.96. The van der Waals surface area contributed by atoms with Crippen LogP contribution in [0.1, 0.15) is 50.0 Å². The van der Waals surface area contributed by atoms with Crippen LogP contribution in [0.2, 0.25) is 0 Å². The van der Waals surface area contributed by atoms with Crippen LogP contribution in [-0.2, 0) is 0 Å². The maximum atomic E-state index is 10.2. The summed E-state index contributed by atoms with van der Waals surface area (Å²) in [5, 5.41) is 14.1. The monoisotopic (exact) mass is 522 g/mol. The van der Waals surface area contributed by atoms with E-state index in [2.05, 4.69) is 55.1 Å². The molecule has 3 atom stereocenters. The highest BCUT2D eigenvalue weighted by Gasteiger charge is 2.30. The summed E-state index contributed by atoms with van der Waals surface area (Å²) in [4.78, 5) is 2.51. The number of phenols is 1. The van der Waals surface area contributed by atoms with Crippen molar-refractivity contribution in [2.75, 3.05) is 19.7 Å². The van der Waals surface area contributed by atoms with E-state index in [0.717, 1.165) is 69.5 Å². The zero-order chi connectivity index (χ0) is 26.9. The maximum Gasteiger partial charge on any atom is 0.150 e. The van der Waals surface area contributed by atoms with Crippen LogP contribution in [0.3, 0.4) is 0 Å². The second kappa shape index (κ2) is 10.6. The van der Waals surface area contributed by atoms with Gasteiger partial charge in [0.2, 0.25) is 0 Å². The molecular weight excluding hydrogens is 488 g/mol. The van der Waals surface area contributed by atoms with Gasteiger partial charge in [0, 0.05) is 29.3 Å². The van der Waals surface area contributed by atoms with Crippen molar-refractivity contribution < 1.29 is 19.1 Å². The fraction of sp³-hybridized carbons (Fsp3) is 0.303. The Labute approximate surface area is 229 Å². The molecule has 1 N–H and O–H groups in total. The minimum absolute atomic E-state index is 0.215. The van der Waals surface area contributed by atoms with Crippen molar-refractivity contribution in [2.45, 2.75) is 39.3 Å². The number of nitrogens with zero attached hydrogens (tertiary/aromatic N) is 2. The van der Waals surface area contributed by atoms with Crippen molar-refractivity contribution in [1.29, 1.82) is 0 Å². The first-order valence-corrected chi connectivity index (χ1v) is 13.6. The summed E-state index contributed by atoms with van der Waals surface area (Å²) >= 11 is 0. The Balaban J connectivity index is 1.30. The molecule has 6 rings (SSSR count). The van der Waals surface area contributed by atoms with Gasteiger partial charge in [-0.15, -0.1) is 0 Å². The van der Waals surface area contributed by atoms with E-state index in [1.165, 1.54) is 6.42 Å². The average molecular weight is 523 g/mol. The Morgan fingerprint density at radius 1 is 1.05 bits per heavy atom. The topological polar surface area (TPSA) is 68.0 Å². The summed E-state index contributed by atoms with van der Waals surface area (Å²) in [6.07, 6.45) is 4.30. The fourth-order valence-electron chi connectivity index (χ4n) is 5.69. The number of hydrogen-bond donors (Lipinski definition) is 1. The largest absolute Gasteiger partial charge is 0.508 e. The average Bonchev–Trinajstić information content (AvgIpc) is 3.65. The SMILES string of the molecule is CC1=C(c2cccc(-c3cnoc3)c2)C(c2ccc(OCC(C)N3CCC(C)C3)cc2)Oc2ccc(O)cc21. The highest BCUT2D eigenvalue weighted by Crippen LogP contribution is 2.47. The third-order valence-corrected chi connectivity index (χ3v) is 7.97. The van der Waals surface area contributed by atoms with Crippen LogP contribution in [0.4, 0.5) is 0 Å². The summed E-state index contributed by atoms with van der Waals surface area (Å²) < 4.78 is 17.9. The summed E-state index contributed by atoms with van der Waals surface area (Å²) in [5.74, 6) is 2.59. The van der Waals surface area contributed by atoms with Gasteiger partial charge in [-0.05, 0) is 91.4 Å². The molecule has 6 heteroatoms. The molecule has 200 valence electrons. The third-order valence-electron chi connectivity index (χ3n) is 7.97. The Morgan fingerprint density at radius 3 is 2.62 bits per heavy atom. The van der Waals surface area contributed by atoms with Gasteiger partial charge in [0.25, 0.3) is 0 Å². The van der Waals surface area contributed by atoms with Crippen LogP contribution in [0.25, 0.3) is 22.3 Å². The van der Waals surface area contributed by atoms with Crippen LogP contribution < -0.4 is 9.47 Å². The normalized spacial score (nSPS) is 20.0. The first-order chi connectivity index (χ1) is 19.0. The molecule has 2 aliphatic heterocycles. The van der Waals surface area contributed by atoms with Gasteiger partial charge in [-0.1, -0.05) is 42.4 Å². The van der Waals surface area contributed by atoms with E-state index in [4.69, 9.17) is 14.0 Å². The molecule has 0 bridgehead atoms. The lowest BCUT2D eigenvalue weighted by molar-refractivity contribution is 0.169. The summed E-state index contributed by atoms with van der Waals surface area (Å²) in [6, 6.07) is 22.2. The molecule has 6 nitrogen and oxygen atoms in total. The number of phenolic OH excluding ortho intramolecular Hbond substituents is 1. The van der Waals surface area contributed by atoms with Gasteiger partial charge < -0.3 is 19.1 Å². The van der Waals surface area contributed by atoms with Gasteiger partial charge >= 0.3 is 0 Å². The smallest absolute Gasteiger partial charge is 0.150 e. The Morgan fingerprint density at radius 2 is 1.87 bits per heavy atom. The first kappa shape index (κ1) is 25.3. The van der Waals surface area contributed by atoms with E-state index in [-0.39, 0.29) is 11.9 Å². The zero-order valence-electron chi connectivity index (χ0n) is 22.6. The molecule has 39 heavy (non-hydrogen) atoms. The Bertz CT molecular complexity index is 1480. The van der Waals surface area contributed by atoms with Crippen molar-refractivity contribution >= 4 is 11.1 Å². The molecule has 0 spiro atoms. The molecule has 0 aliphatic carbocycles. The standard InChI is InChI=1S/C33H34N2O4/c1-21-13-14-35(18-21)22(2)19-37-29-10-7-24(8-11-29)33-32(23(3)30-16-28(36)9-12-31(30)39-33)26-6-4-5-25(15-26)27-17-34-38-20-27/h4-12,15-17,20-22,33,36H,13-14,18-19H2,1-3H3. The van der Waals surface area contributed by atoms with Gasteiger partial charge in [0.05, 0.1) is 6.20 Å². The van der Waals surface area contributed by atoms with Crippen molar-refractivity contribution in [3.63, 3.8) is 0 Å². The summed E-state index contributed by atoms with van der Waals surface area (Å²) in [5.41, 5.74) is 7.01. The molecule has 1 fully saturated rings. The Hall–Kier alpha value is -4.03. The zero-order valence-corrected chi connectivity index (χ0v) is 22.6. The lowest BCUT2D eigenvalue weighted by Gasteiger charge is -2.31. The quantitative estimate of drug-likeness (QED) is 0.276. The molecule has 3 unspecified atom stereocenters. The van der Waals surface area contributed by atoms with Crippen LogP contribution >= 0.6 is 0 Å². The molecular formula is C33H34N2O4. The fourth-order valence-corrected chi connectivity index (χ4v) is 5.69. The van der Waals surface area contributed by atoms with Gasteiger partial charge in [-0.2, -0.15) is 0 Å². The summed E-state index contributed by atoms with van der Waals surface area (Å²) in [6.45, 7) is 9.61. The van der Waals surface area contributed by atoms with Gasteiger partial charge in [0.1, 0.15) is 36.2 Å². The molecule has 2 aliphatic rings. The number of likely N-dealkylation sites (tertiary alicyclic amines) is 1. The molecule has 0 amide bonds. The van der Waals surface area contributed by atoms with E-state index >= 15 is 0 Å². The minimum atomic E-state index is -0.321. The minimum Gasteiger partial charge on any atom is -0.508 e. The van der Waals surface area contributed by atoms with Gasteiger partial charge in [-0.25, -0.2) is 0 Å². The van der Waals surface area contributed by atoms with Crippen LogP contribution in [0, 0.1) is 5.92 Å². The number of hydrogen-bond acceptors (Lipinski definition) is 6. The molecule has 1 aromatic heterocycles. The number of aromatic hydroxyl groups is 1. The van der Waals surface area contributed by atoms with E-state index < -0.39 is 0 Å². The van der Waals surface area contributed by atoms with E-state index in [9.17, 15) is 5.11 Å². The predicted octanol–water partition coefficient (Wildman–Crippen LogP) is 7.22. The van der Waals surface area contributed by atoms with Crippen molar-refractivity contribution in [3.05, 3.63) is 95.9 Å². The van der Waals surface area contributed by atoms with Gasteiger partial charge in [0.15, 0.2) is 0 Å². The molecule has 4 aromatic rings. The molecule has 1 saturated heterocycles. The van der Waals surface area contributed by atoms with Crippen LogP contribution in [0.15, 0.2) is 83.7 Å². The third kappa shape index (κ3) is 5.17. The summed E-state index contributed by atoms with van der Waals surface area (Å²) in [7, 11) is 0. The first-order valence-electron chi connectivity index (χ1n) is 13.6. The van der Waals surface area contributed by atoms with Crippen molar-refractivity contribution in [3.8, 4) is 28.4 Å². The Kier molecular flexibility index (Phi) is 6.88. The number of fused-ring (bicyclic) bond motifs is 1. The maximum absolute atomic E-state index is 10.2. The predicted molar refractivity (Wildman–Crippen MR) is 153 cm³/mol. The van der Waals surface area contributed by atoms with Crippen molar-refractivity contribution in [2.24, 2.45) is 5.92 Å². The number of ether oxygens (including phenoxy) is 2. The molecule has 0 radical (unpaired) electrons. The highest BCUT2D eigenvalue weighted by atomic mass is 16.5. The lowest BCUT2D eigenvalue weighted by atomic mass is 9.85. The number of rotatable bonds is 7. The number of benzene rings is 3. The molecule has 3 heterocycles. The number of aromatic nitrogens is 1. The second-order valence-corrected chi connectivity index (χ2v) is 10.8.